The number of nitrogens with one attached hydrogen (secondary N) is 2. The van der Waals surface area contributed by atoms with Crippen LogP contribution in [0, 0.1) is 11.3 Å². The summed E-state index contributed by atoms with van der Waals surface area (Å²) in [4.78, 5) is 41.2. The van der Waals surface area contributed by atoms with Crippen LogP contribution in [0.5, 0.6) is 0 Å². The van der Waals surface area contributed by atoms with Crippen LogP contribution in [-0.4, -0.2) is 42.9 Å². The normalized spacial score (nSPS) is 18.0. The van der Waals surface area contributed by atoms with Gasteiger partial charge in [-0.25, -0.2) is 0 Å². The van der Waals surface area contributed by atoms with Gasteiger partial charge in [-0.2, -0.15) is 22.0 Å². The van der Waals surface area contributed by atoms with Crippen molar-refractivity contribution in [2.45, 2.75) is 44.8 Å². The third kappa shape index (κ3) is 5.17. The number of hydrogen-bond donors (Lipinski definition) is 2. The van der Waals surface area contributed by atoms with Gasteiger partial charge in [0.05, 0.1) is 12.2 Å². The monoisotopic (exact) mass is 523 g/mol. The zero-order valence-corrected chi connectivity index (χ0v) is 20.2. The molecule has 2 N–H and O–H groups in total. The SMILES string of the molecule is CC(C)(C(=O)NCC(F)(F)C(F)(F)F)C(=O)NC1C(=O)N(CC2CC2)c2ccccc2-c2ccccc21. The number of hydrogen-bond acceptors (Lipinski definition) is 3. The largest absolute Gasteiger partial charge is 0.455 e. The fourth-order valence-electron chi connectivity index (χ4n) is 4.15. The number of nitrogens with zero attached hydrogens (tertiary/aromatic N) is 1. The second kappa shape index (κ2) is 9.42. The lowest BCUT2D eigenvalue weighted by atomic mass is 9.89. The quantitative estimate of drug-likeness (QED) is 0.411. The molecular weight excluding hydrogens is 497 g/mol. The van der Waals surface area contributed by atoms with Crippen molar-refractivity contribution in [1.29, 1.82) is 0 Å². The second-order valence-corrected chi connectivity index (χ2v) is 9.91. The molecule has 1 unspecified atom stereocenters. The molecule has 37 heavy (non-hydrogen) atoms. The lowest BCUT2D eigenvalue weighted by Gasteiger charge is -2.30. The first kappa shape index (κ1) is 26.6. The van der Waals surface area contributed by atoms with Gasteiger partial charge in [0.25, 0.3) is 5.91 Å². The topological polar surface area (TPSA) is 78.5 Å². The number of carbonyl (C=O) groups is 3. The molecule has 2 aliphatic rings. The van der Waals surface area contributed by atoms with Crippen LogP contribution in [-0.2, 0) is 14.4 Å². The highest BCUT2D eigenvalue weighted by Gasteiger charge is 2.57. The molecule has 0 bridgehead atoms. The van der Waals surface area contributed by atoms with Crippen LogP contribution >= 0.6 is 0 Å². The summed E-state index contributed by atoms with van der Waals surface area (Å²) in [6.45, 7) is 0.606. The van der Waals surface area contributed by atoms with Crippen molar-refractivity contribution in [3.05, 3.63) is 54.1 Å². The third-order valence-corrected chi connectivity index (χ3v) is 6.70. The lowest BCUT2D eigenvalue weighted by Crippen LogP contribution is -2.54. The Morgan fingerprint density at radius 3 is 2.14 bits per heavy atom. The Hall–Kier alpha value is -3.50. The van der Waals surface area contributed by atoms with E-state index in [-0.39, 0.29) is 0 Å². The van der Waals surface area contributed by atoms with Crippen molar-refractivity contribution in [2.75, 3.05) is 18.0 Å². The number of fused-ring (bicyclic) bond motifs is 3. The third-order valence-electron chi connectivity index (χ3n) is 6.70. The molecule has 1 atom stereocenters. The maximum absolute atomic E-state index is 13.8. The summed E-state index contributed by atoms with van der Waals surface area (Å²) in [6, 6.07) is 13.1. The van der Waals surface area contributed by atoms with Crippen LogP contribution in [0.15, 0.2) is 48.5 Å². The van der Waals surface area contributed by atoms with Gasteiger partial charge in [0, 0.05) is 12.1 Å². The number of anilines is 1. The molecule has 11 heteroatoms. The molecule has 0 saturated heterocycles. The molecule has 0 radical (unpaired) electrons. The highest BCUT2D eigenvalue weighted by molar-refractivity contribution is 6.09. The lowest BCUT2D eigenvalue weighted by molar-refractivity contribution is -0.278. The maximum atomic E-state index is 13.8. The van der Waals surface area contributed by atoms with Crippen molar-refractivity contribution in [3.63, 3.8) is 0 Å². The number of halogens is 5. The molecule has 1 aliphatic carbocycles. The first-order valence-corrected chi connectivity index (χ1v) is 11.8. The molecule has 1 aliphatic heterocycles. The molecule has 198 valence electrons. The van der Waals surface area contributed by atoms with Crippen LogP contribution < -0.4 is 15.5 Å². The number of amides is 3. The van der Waals surface area contributed by atoms with E-state index >= 15 is 0 Å². The summed E-state index contributed by atoms with van der Waals surface area (Å²) in [7, 11) is 0. The van der Waals surface area contributed by atoms with Crippen molar-refractivity contribution >= 4 is 23.4 Å². The summed E-state index contributed by atoms with van der Waals surface area (Å²) >= 11 is 0. The van der Waals surface area contributed by atoms with E-state index in [4.69, 9.17) is 0 Å². The molecule has 6 nitrogen and oxygen atoms in total. The van der Waals surface area contributed by atoms with Gasteiger partial charge in [0.2, 0.25) is 11.8 Å². The average molecular weight is 524 g/mol. The number of rotatable bonds is 7. The van der Waals surface area contributed by atoms with E-state index in [0.29, 0.717) is 29.3 Å². The van der Waals surface area contributed by atoms with Crippen molar-refractivity contribution in [3.8, 4) is 11.1 Å². The van der Waals surface area contributed by atoms with Crippen molar-refractivity contribution < 1.29 is 36.3 Å². The van der Waals surface area contributed by atoms with Gasteiger partial charge >= 0.3 is 12.1 Å². The van der Waals surface area contributed by atoms with Crippen LogP contribution in [0.4, 0.5) is 27.6 Å². The fraction of sp³-hybridized carbons (Fsp3) is 0.423. The minimum Gasteiger partial charge on any atom is -0.349 e. The predicted molar refractivity (Wildman–Crippen MR) is 126 cm³/mol. The number of carbonyl (C=O) groups excluding carboxylic acids is 3. The van der Waals surface area contributed by atoms with Gasteiger partial charge in [0.1, 0.15) is 11.5 Å². The zero-order valence-electron chi connectivity index (χ0n) is 20.2. The van der Waals surface area contributed by atoms with Crippen LogP contribution in [0.3, 0.4) is 0 Å². The molecule has 4 rings (SSSR count). The predicted octanol–water partition coefficient (Wildman–Crippen LogP) is 4.61. The Labute approximate surface area is 210 Å². The van der Waals surface area contributed by atoms with Gasteiger partial charge in [-0.15, -0.1) is 0 Å². The molecule has 2 aromatic rings. The van der Waals surface area contributed by atoms with Crippen molar-refractivity contribution in [2.24, 2.45) is 11.3 Å². The van der Waals surface area contributed by atoms with E-state index in [1.807, 2.05) is 18.2 Å². The Morgan fingerprint density at radius 1 is 0.919 bits per heavy atom. The Kier molecular flexibility index (Phi) is 6.76. The van der Waals surface area contributed by atoms with Crippen LogP contribution in [0.1, 0.15) is 38.3 Å². The molecule has 1 heterocycles. The molecular formula is C26H26F5N3O3. The van der Waals surface area contributed by atoms with E-state index in [2.05, 4.69) is 5.32 Å². The highest BCUT2D eigenvalue weighted by Crippen LogP contribution is 2.42. The van der Waals surface area contributed by atoms with Gasteiger partial charge in [0.15, 0.2) is 0 Å². The summed E-state index contributed by atoms with van der Waals surface area (Å²) < 4.78 is 64.1. The standard InChI is InChI=1S/C26H26F5N3O3/c1-24(2,22(36)32-14-25(27,28)26(29,30)31)23(37)33-20-18-9-4-3-7-16(18)17-8-5-6-10-19(17)34(21(20)35)13-15-11-12-15/h3-10,15,20H,11-14H2,1-2H3,(H,32,36)(H,33,37). The Balaban J connectivity index is 1.62. The van der Waals surface area contributed by atoms with E-state index in [9.17, 15) is 36.3 Å². The first-order chi connectivity index (χ1) is 17.2. The van der Waals surface area contributed by atoms with Gasteiger partial charge in [-0.1, -0.05) is 42.5 Å². The maximum Gasteiger partial charge on any atom is 0.455 e. The van der Waals surface area contributed by atoms with Crippen LogP contribution in [0.25, 0.3) is 11.1 Å². The molecule has 1 fully saturated rings. The average Bonchev–Trinajstić information content (AvgIpc) is 3.67. The minimum absolute atomic E-state index is 0.312. The summed E-state index contributed by atoms with van der Waals surface area (Å²) in [5, 5.41) is 4.09. The molecule has 0 spiro atoms. The smallest absolute Gasteiger partial charge is 0.349 e. The molecule has 2 aromatic carbocycles. The van der Waals surface area contributed by atoms with Gasteiger partial charge in [-0.3, -0.25) is 14.4 Å². The number of benzene rings is 2. The Bertz CT molecular complexity index is 1220. The van der Waals surface area contributed by atoms with Crippen molar-refractivity contribution in [1.82, 2.24) is 10.6 Å². The molecule has 1 saturated carbocycles. The van der Waals surface area contributed by atoms with E-state index in [1.54, 1.807) is 35.2 Å². The second-order valence-electron chi connectivity index (χ2n) is 9.91. The summed E-state index contributed by atoms with van der Waals surface area (Å²) in [5.41, 5.74) is 0.580. The highest BCUT2D eigenvalue weighted by atomic mass is 19.4. The van der Waals surface area contributed by atoms with E-state index in [1.165, 1.54) is 5.32 Å². The number of alkyl halides is 5. The molecule has 3 amide bonds. The fourth-order valence-corrected chi connectivity index (χ4v) is 4.15. The first-order valence-electron chi connectivity index (χ1n) is 11.8. The minimum atomic E-state index is -5.86. The van der Waals surface area contributed by atoms with E-state index < -0.39 is 47.8 Å². The molecule has 0 aromatic heterocycles. The zero-order chi connectivity index (χ0) is 27.2. The Morgan fingerprint density at radius 2 is 1.51 bits per heavy atom. The van der Waals surface area contributed by atoms with Crippen LogP contribution in [0.2, 0.25) is 0 Å². The van der Waals surface area contributed by atoms with Gasteiger partial charge < -0.3 is 15.5 Å². The summed E-state index contributed by atoms with van der Waals surface area (Å²) in [5.74, 6) is -7.61. The van der Waals surface area contributed by atoms with Gasteiger partial charge in [-0.05, 0) is 49.8 Å². The van der Waals surface area contributed by atoms with E-state index in [0.717, 1.165) is 32.3 Å². The summed E-state index contributed by atoms with van der Waals surface area (Å²) in [6.07, 6.45) is -3.93. The number of para-hydroxylation sites is 1.